The van der Waals surface area contributed by atoms with Crippen molar-refractivity contribution in [2.45, 2.75) is 13.0 Å². The van der Waals surface area contributed by atoms with Gasteiger partial charge in [0.25, 0.3) is 0 Å². The lowest BCUT2D eigenvalue weighted by Gasteiger charge is -2.08. The number of fused-ring (bicyclic) bond motifs is 1. The van der Waals surface area contributed by atoms with E-state index in [0.29, 0.717) is 18.0 Å². The molecule has 0 saturated heterocycles. The van der Waals surface area contributed by atoms with Crippen LogP contribution in [0.1, 0.15) is 21.6 Å². The molecule has 142 valence electrons. The van der Waals surface area contributed by atoms with Gasteiger partial charge in [-0.3, -0.25) is 4.79 Å². The van der Waals surface area contributed by atoms with E-state index in [4.69, 9.17) is 14.6 Å². The van der Waals surface area contributed by atoms with E-state index in [1.165, 1.54) is 10.7 Å². The fourth-order valence-electron chi connectivity index (χ4n) is 2.89. The van der Waals surface area contributed by atoms with Gasteiger partial charge in [0.1, 0.15) is 0 Å². The molecule has 1 aromatic heterocycles. The molecule has 0 spiro atoms. The van der Waals surface area contributed by atoms with E-state index in [1.54, 1.807) is 18.3 Å². The molecule has 1 aliphatic rings. The summed E-state index contributed by atoms with van der Waals surface area (Å²) in [4.78, 5) is 23.2. The molecular formula is C20H17N3O5. The molecule has 2 N–H and O–H groups in total. The molecule has 0 atom stereocenters. The van der Waals surface area contributed by atoms with E-state index in [2.05, 4.69) is 10.4 Å². The van der Waals surface area contributed by atoms with Gasteiger partial charge in [-0.1, -0.05) is 18.2 Å². The minimum Gasteiger partial charge on any atom is -0.476 e. The van der Waals surface area contributed by atoms with Gasteiger partial charge in [-0.2, -0.15) is 5.10 Å². The van der Waals surface area contributed by atoms with Crippen LogP contribution in [0.3, 0.4) is 0 Å². The Balaban J connectivity index is 1.38. The molecule has 3 aromatic rings. The van der Waals surface area contributed by atoms with Crippen molar-refractivity contribution in [3.63, 3.8) is 0 Å². The number of carbonyl (C=O) groups excluding carboxylic acids is 1. The minimum atomic E-state index is -1.08. The van der Waals surface area contributed by atoms with E-state index in [-0.39, 0.29) is 24.8 Å². The van der Waals surface area contributed by atoms with E-state index in [9.17, 15) is 9.59 Å². The van der Waals surface area contributed by atoms with Gasteiger partial charge in [0, 0.05) is 12.7 Å². The summed E-state index contributed by atoms with van der Waals surface area (Å²) in [6.07, 6.45) is 1.82. The molecule has 0 aliphatic carbocycles. The summed E-state index contributed by atoms with van der Waals surface area (Å²) in [7, 11) is 0. The number of rotatable bonds is 6. The van der Waals surface area contributed by atoms with Crippen molar-refractivity contribution in [1.29, 1.82) is 0 Å². The summed E-state index contributed by atoms with van der Waals surface area (Å²) in [5.74, 6) is 0.144. The maximum atomic E-state index is 12.3. The normalized spacial score (nSPS) is 12.0. The molecule has 4 rings (SSSR count). The fraction of sp³-hybridized carbons (Fsp3) is 0.150. The lowest BCUT2D eigenvalue weighted by atomic mass is 10.1. The number of carboxylic acids is 1. The molecule has 0 bridgehead atoms. The molecule has 2 heterocycles. The molecule has 8 nitrogen and oxygen atoms in total. The molecule has 0 fully saturated rings. The number of nitrogens with zero attached hydrogens (tertiary/aromatic N) is 2. The molecule has 0 saturated carbocycles. The molecule has 1 aliphatic heterocycles. The maximum Gasteiger partial charge on any atom is 0.356 e. The Labute approximate surface area is 160 Å². The highest BCUT2D eigenvalue weighted by Gasteiger charge is 2.14. The number of benzene rings is 2. The van der Waals surface area contributed by atoms with Crippen LogP contribution in [0.2, 0.25) is 0 Å². The van der Waals surface area contributed by atoms with Crippen molar-refractivity contribution in [2.75, 3.05) is 6.79 Å². The number of ether oxygens (including phenoxy) is 2. The van der Waals surface area contributed by atoms with Crippen molar-refractivity contribution in [2.24, 2.45) is 0 Å². The summed E-state index contributed by atoms with van der Waals surface area (Å²) in [5, 5.41) is 15.9. The molecule has 2 aromatic carbocycles. The third kappa shape index (κ3) is 3.80. The second kappa shape index (κ2) is 7.43. The second-order valence-corrected chi connectivity index (χ2v) is 6.26. The van der Waals surface area contributed by atoms with Gasteiger partial charge in [-0.15, -0.1) is 0 Å². The summed E-state index contributed by atoms with van der Waals surface area (Å²) in [6.45, 7) is 0.551. The van der Waals surface area contributed by atoms with Gasteiger partial charge in [-0.25, -0.2) is 9.48 Å². The first-order chi connectivity index (χ1) is 13.6. The van der Waals surface area contributed by atoms with Gasteiger partial charge < -0.3 is 19.9 Å². The highest BCUT2D eigenvalue weighted by molar-refractivity contribution is 5.85. The highest BCUT2D eigenvalue weighted by atomic mass is 16.7. The largest absolute Gasteiger partial charge is 0.476 e. The van der Waals surface area contributed by atoms with Crippen molar-refractivity contribution >= 4 is 11.9 Å². The van der Waals surface area contributed by atoms with E-state index in [0.717, 1.165) is 16.8 Å². The Morgan fingerprint density at radius 3 is 2.75 bits per heavy atom. The topological polar surface area (TPSA) is 103 Å². The van der Waals surface area contributed by atoms with Crippen LogP contribution in [0.15, 0.2) is 54.7 Å². The Kier molecular flexibility index (Phi) is 4.67. The van der Waals surface area contributed by atoms with E-state index >= 15 is 0 Å². The summed E-state index contributed by atoms with van der Waals surface area (Å²) in [6, 6.07) is 14.2. The van der Waals surface area contributed by atoms with Crippen molar-refractivity contribution < 1.29 is 24.2 Å². The van der Waals surface area contributed by atoms with Crippen molar-refractivity contribution in [3.8, 4) is 17.2 Å². The molecule has 28 heavy (non-hydrogen) atoms. The first-order valence-electron chi connectivity index (χ1n) is 8.62. The predicted octanol–water partition coefficient (Wildman–Crippen LogP) is 2.16. The van der Waals surface area contributed by atoms with E-state index in [1.807, 2.05) is 30.3 Å². The Morgan fingerprint density at radius 2 is 1.93 bits per heavy atom. The number of aromatic carboxylic acids is 1. The van der Waals surface area contributed by atoms with Crippen LogP contribution in [0.5, 0.6) is 11.5 Å². The highest BCUT2D eigenvalue weighted by Crippen LogP contribution is 2.32. The number of carboxylic acid groups (broad SMARTS) is 1. The predicted molar refractivity (Wildman–Crippen MR) is 98.6 cm³/mol. The van der Waals surface area contributed by atoms with E-state index < -0.39 is 5.97 Å². The van der Waals surface area contributed by atoms with Gasteiger partial charge in [0.15, 0.2) is 17.2 Å². The number of aromatic nitrogens is 2. The molecule has 8 heteroatoms. The molecular weight excluding hydrogens is 362 g/mol. The van der Waals surface area contributed by atoms with Crippen LogP contribution in [0.4, 0.5) is 0 Å². The number of carbonyl (C=O) groups is 2. The number of hydrogen-bond acceptors (Lipinski definition) is 5. The summed E-state index contributed by atoms with van der Waals surface area (Å²) in [5.41, 5.74) is 2.41. The molecule has 0 radical (unpaired) electrons. The van der Waals surface area contributed by atoms with Crippen LogP contribution in [-0.4, -0.2) is 33.6 Å². The standard InChI is InChI=1S/C20H17N3O5/c24-19(10-13-4-5-17-18(9-13)28-12-27-17)21-11-14-2-1-3-15(8-14)23-7-6-16(22-23)20(25)26/h1-9H,10-12H2,(H,21,24)(H,25,26). The summed E-state index contributed by atoms with van der Waals surface area (Å²) < 4.78 is 12.1. The first-order valence-corrected chi connectivity index (χ1v) is 8.62. The lowest BCUT2D eigenvalue weighted by Crippen LogP contribution is -2.24. The average molecular weight is 379 g/mol. The van der Waals surface area contributed by atoms with Crippen LogP contribution >= 0.6 is 0 Å². The zero-order valence-electron chi connectivity index (χ0n) is 14.8. The van der Waals surface area contributed by atoms with Crippen LogP contribution < -0.4 is 14.8 Å². The van der Waals surface area contributed by atoms with Crippen molar-refractivity contribution in [3.05, 3.63) is 71.5 Å². The first kappa shape index (κ1) is 17.6. The average Bonchev–Trinajstić information content (AvgIpc) is 3.36. The minimum absolute atomic E-state index is 0.0255. The summed E-state index contributed by atoms with van der Waals surface area (Å²) >= 11 is 0. The monoisotopic (exact) mass is 379 g/mol. The lowest BCUT2D eigenvalue weighted by molar-refractivity contribution is -0.120. The smallest absolute Gasteiger partial charge is 0.356 e. The van der Waals surface area contributed by atoms with Crippen LogP contribution in [0.25, 0.3) is 5.69 Å². The molecule has 0 unspecified atom stereocenters. The van der Waals surface area contributed by atoms with Gasteiger partial charge in [0.05, 0.1) is 12.1 Å². The number of amides is 1. The Bertz CT molecular complexity index is 1040. The number of nitrogens with one attached hydrogen (secondary N) is 1. The number of hydrogen-bond donors (Lipinski definition) is 2. The zero-order valence-corrected chi connectivity index (χ0v) is 14.8. The van der Waals surface area contributed by atoms with Gasteiger partial charge >= 0.3 is 5.97 Å². The SMILES string of the molecule is O=C(Cc1ccc2c(c1)OCO2)NCc1cccc(-n2ccc(C(=O)O)n2)c1. The van der Waals surface area contributed by atoms with Gasteiger partial charge in [-0.05, 0) is 41.5 Å². The third-order valence-electron chi connectivity index (χ3n) is 4.27. The van der Waals surface area contributed by atoms with Crippen molar-refractivity contribution in [1.82, 2.24) is 15.1 Å². The quantitative estimate of drug-likeness (QED) is 0.680. The Morgan fingerprint density at radius 1 is 1.07 bits per heavy atom. The van der Waals surface area contributed by atoms with Crippen LogP contribution in [-0.2, 0) is 17.8 Å². The molecule has 1 amide bonds. The fourth-order valence-corrected chi connectivity index (χ4v) is 2.89. The maximum absolute atomic E-state index is 12.3. The third-order valence-corrected chi connectivity index (χ3v) is 4.27. The Hall–Kier alpha value is -3.81. The van der Waals surface area contributed by atoms with Crippen LogP contribution in [0, 0.1) is 0 Å². The van der Waals surface area contributed by atoms with Gasteiger partial charge in [0.2, 0.25) is 12.7 Å². The zero-order chi connectivity index (χ0) is 19.5. The second-order valence-electron chi connectivity index (χ2n) is 6.26.